The predicted molar refractivity (Wildman–Crippen MR) is 103 cm³/mol. The van der Waals surface area contributed by atoms with E-state index < -0.39 is 24.4 Å². The van der Waals surface area contributed by atoms with Crippen molar-refractivity contribution in [3.05, 3.63) is 18.2 Å². The number of esters is 1. The molecule has 1 aromatic rings. The molecule has 158 valence electrons. The summed E-state index contributed by atoms with van der Waals surface area (Å²) in [6.07, 6.45) is -0.0330. The van der Waals surface area contributed by atoms with Crippen molar-refractivity contribution in [2.45, 2.75) is 6.42 Å². The zero-order valence-electron chi connectivity index (χ0n) is 16.9. The quantitative estimate of drug-likeness (QED) is 0.594. The first-order valence-electron chi connectivity index (χ1n) is 8.92. The summed E-state index contributed by atoms with van der Waals surface area (Å²) in [6, 6.07) is 5.02. The first-order chi connectivity index (χ1) is 13.8. The summed E-state index contributed by atoms with van der Waals surface area (Å²) < 4.78 is 15.5. The molecule has 0 spiro atoms. The minimum atomic E-state index is -0.703. The van der Waals surface area contributed by atoms with Gasteiger partial charge in [0.15, 0.2) is 6.61 Å². The number of likely N-dealkylation sites (N-methyl/N-ethyl adjacent to an activating group) is 1. The molecule has 0 aliphatic carbocycles. The van der Waals surface area contributed by atoms with Crippen molar-refractivity contribution < 1.29 is 33.4 Å². The number of benzene rings is 1. The Kier molecular flexibility index (Phi) is 7.40. The summed E-state index contributed by atoms with van der Waals surface area (Å²) in [5.74, 6) is -1.46. The lowest BCUT2D eigenvalue weighted by atomic mass is 10.1. The first-order valence-corrected chi connectivity index (χ1v) is 8.92. The summed E-state index contributed by atoms with van der Waals surface area (Å²) in [4.78, 5) is 50.6. The lowest BCUT2D eigenvalue weighted by molar-refractivity contribution is -0.152. The molecule has 1 N–H and O–H groups in total. The van der Waals surface area contributed by atoms with Gasteiger partial charge in [0.1, 0.15) is 11.5 Å². The van der Waals surface area contributed by atoms with Crippen LogP contribution < -0.4 is 19.7 Å². The Morgan fingerprint density at radius 1 is 1.21 bits per heavy atom. The van der Waals surface area contributed by atoms with E-state index in [1.807, 2.05) is 0 Å². The number of ether oxygens (including phenoxy) is 3. The molecular formula is C19H25N3O7. The Balaban J connectivity index is 1.92. The van der Waals surface area contributed by atoms with Crippen molar-refractivity contribution in [3.8, 4) is 11.5 Å². The second-order valence-electron chi connectivity index (χ2n) is 6.62. The topological polar surface area (TPSA) is 114 Å². The molecular weight excluding hydrogens is 382 g/mol. The van der Waals surface area contributed by atoms with E-state index in [2.05, 4.69) is 5.32 Å². The van der Waals surface area contributed by atoms with Gasteiger partial charge >= 0.3 is 5.97 Å². The van der Waals surface area contributed by atoms with Crippen LogP contribution in [0.3, 0.4) is 0 Å². The maximum Gasteiger partial charge on any atom is 0.311 e. The standard InChI is InChI=1S/C19H25N3O7/c1-21(2)18(25)9-20-16(23)11-29-19(26)12-7-17(24)22(10-12)14-6-5-13(27-3)8-15(14)28-4/h5-6,8,12H,7,9-11H2,1-4H3,(H,20,23)/t12-/m1/s1. The Labute approximate surface area is 168 Å². The number of hydrogen-bond donors (Lipinski definition) is 1. The van der Waals surface area contributed by atoms with Gasteiger partial charge in [0.25, 0.3) is 5.91 Å². The second kappa shape index (κ2) is 9.76. The van der Waals surface area contributed by atoms with E-state index in [0.717, 1.165) is 0 Å². The average Bonchev–Trinajstić information content (AvgIpc) is 3.10. The molecule has 1 aromatic carbocycles. The van der Waals surface area contributed by atoms with Crippen molar-refractivity contribution in [1.29, 1.82) is 0 Å². The van der Waals surface area contributed by atoms with Crippen LogP contribution in [-0.4, -0.2) is 76.6 Å². The van der Waals surface area contributed by atoms with Crippen LogP contribution in [-0.2, 0) is 23.9 Å². The summed E-state index contributed by atoms with van der Waals surface area (Å²) in [7, 11) is 6.13. The normalized spacial score (nSPS) is 15.7. The van der Waals surface area contributed by atoms with E-state index in [1.165, 1.54) is 24.0 Å². The van der Waals surface area contributed by atoms with Crippen LogP contribution in [0.2, 0.25) is 0 Å². The minimum Gasteiger partial charge on any atom is -0.497 e. The third-order valence-corrected chi connectivity index (χ3v) is 4.42. The smallest absolute Gasteiger partial charge is 0.311 e. The van der Waals surface area contributed by atoms with E-state index in [1.54, 1.807) is 32.3 Å². The van der Waals surface area contributed by atoms with Gasteiger partial charge in [-0.2, -0.15) is 0 Å². The molecule has 1 atom stereocenters. The molecule has 0 radical (unpaired) electrons. The first kappa shape index (κ1) is 22.0. The van der Waals surface area contributed by atoms with E-state index in [-0.39, 0.29) is 31.3 Å². The number of nitrogens with one attached hydrogen (secondary N) is 1. The molecule has 0 unspecified atom stereocenters. The molecule has 0 bridgehead atoms. The number of amides is 3. The van der Waals surface area contributed by atoms with Crippen molar-refractivity contribution in [2.24, 2.45) is 5.92 Å². The SMILES string of the molecule is COc1ccc(N2C[C@H](C(=O)OCC(=O)NCC(=O)N(C)C)CC2=O)c(OC)c1. The number of methoxy groups -OCH3 is 2. The number of anilines is 1. The molecule has 0 aromatic heterocycles. The fourth-order valence-corrected chi connectivity index (χ4v) is 2.74. The van der Waals surface area contributed by atoms with Gasteiger partial charge in [-0.15, -0.1) is 0 Å². The van der Waals surface area contributed by atoms with Gasteiger partial charge in [-0.1, -0.05) is 0 Å². The fraction of sp³-hybridized carbons (Fsp3) is 0.474. The molecule has 2 rings (SSSR count). The van der Waals surface area contributed by atoms with Gasteiger partial charge in [-0.25, -0.2) is 0 Å². The van der Waals surface area contributed by atoms with E-state index in [4.69, 9.17) is 14.2 Å². The van der Waals surface area contributed by atoms with Crippen LogP contribution in [0.4, 0.5) is 5.69 Å². The van der Waals surface area contributed by atoms with Crippen LogP contribution in [0.15, 0.2) is 18.2 Å². The minimum absolute atomic E-state index is 0.0330. The molecule has 1 aliphatic rings. The van der Waals surface area contributed by atoms with Crippen molar-refractivity contribution in [2.75, 3.05) is 52.9 Å². The average molecular weight is 407 g/mol. The number of carbonyl (C=O) groups excluding carboxylic acids is 4. The Bertz CT molecular complexity index is 794. The Hall–Kier alpha value is -3.30. The van der Waals surface area contributed by atoms with Gasteiger partial charge in [0.05, 0.1) is 32.4 Å². The monoisotopic (exact) mass is 407 g/mol. The number of hydrogen-bond acceptors (Lipinski definition) is 7. The van der Waals surface area contributed by atoms with E-state index in [0.29, 0.717) is 17.2 Å². The lowest BCUT2D eigenvalue weighted by Crippen LogP contribution is -2.38. The third-order valence-electron chi connectivity index (χ3n) is 4.42. The van der Waals surface area contributed by atoms with Gasteiger partial charge < -0.3 is 29.3 Å². The largest absolute Gasteiger partial charge is 0.497 e. The highest BCUT2D eigenvalue weighted by atomic mass is 16.5. The number of rotatable bonds is 8. The van der Waals surface area contributed by atoms with Gasteiger partial charge in [-0.3, -0.25) is 19.2 Å². The van der Waals surface area contributed by atoms with E-state index >= 15 is 0 Å². The van der Waals surface area contributed by atoms with Crippen LogP contribution in [0.25, 0.3) is 0 Å². The van der Waals surface area contributed by atoms with Gasteiger partial charge in [0.2, 0.25) is 11.8 Å². The number of carbonyl (C=O) groups is 4. The fourth-order valence-electron chi connectivity index (χ4n) is 2.74. The second-order valence-corrected chi connectivity index (χ2v) is 6.62. The molecule has 1 aliphatic heterocycles. The zero-order valence-corrected chi connectivity index (χ0v) is 16.9. The maximum atomic E-state index is 12.4. The Morgan fingerprint density at radius 3 is 2.55 bits per heavy atom. The highest BCUT2D eigenvalue weighted by Gasteiger charge is 2.37. The molecule has 10 heteroatoms. The van der Waals surface area contributed by atoms with Crippen molar-refractivity contribution in [3.63, 3.8) is 0 Å². The van der Waals surface area contributed by atoms with Crippen LogP contribution in [0, 0.1) is 5.92 Å². The number of nitrogens with zero attached hydrogens (tertiary/aromatic N) is 2. The molecule has 1 saturated heterocycles. The molecule has 3 amide bonds. The van der Waals surface area contributed by atoms with Crippen molar-refractivity contribution in [1.82, 2.24) is 10.2 Å². The highest BCUT2D eigenvalue weighted by Crippen LogP contribution is 2.35. The van der Waals surface area contributed by atoms with Gasteiger partial charge in [0, 0.05) is 33.1 Å². The lowest BCUT2D eigenvalue weighted by Gasteiger charge is -2.20. The van der Waals surface area contributed by atoms with Crippen molar-refractivity contribution >= 4 is 29.4 Å². The zero-order chi connectivity index (χ0) is 21.6. The summed E-state index contributed by atoms with van der Waals surface area (Å²) in [5, 5.41) is 2.37. The molecule has 1 heterocycles. The molecule has 0 saturated carbocycles. The molecule has 29 heavy (non-hydrogen) atoms. The van der Waals surface area contributed by atoms with E-state index in [9.17, 15) is 19.2 Å². The highest BCUT2D eigenvalue weighted by molar-refractivity contribution is 6.00. The molecule has 10 nitrogen and oxygen atoms in total. The Morgan fingerprint density at radius 2 is 1.93 bits per heavy atom. The van der Waals surface area contributed by atoms with Gasteiger partial charge in [-0.05, 0) is 12.1 Å². The summed E-state index contributed by atoms with van der Waals surface area (Å²) in [6.45, 7) is -0.590. The van der Waals surface area contributed by atoms with Crippen LogP contribution in [0.1, 0.15) is 6.42 Å². The van der Waals surface area contributed by atoms with Crippen LogP contribution >= 0.6 is 0 Å². The molecule has 1 fully saturated rings. The maximum absolute atomic E-state index is 12.4. The third kappa shape index (κ3) is 5.59. The summed E-state index contributed by atoms with van der Waals surface area (Å²) >= 11 is 0. The van der Waals surface area contributed by atoms with Crippen LogP contribution in [0.5, 0.6) is 11.5 Å². The summed E-state index contributed by atoms with van der Waals surface area (Å²) in [5.41, 5.74) is 0.522. The predicted octanol–water partition coefficient (Wildman–Crippen LogP) is -0.196.